The Kier molecular flexibility index (Phi) is 6.32. The molecule has 1 saturated heterocycles. The lowest BCUT2D eigenvalue weighted by Gasteiger charge is -2.31. The topological polar surface area (TPSA) is 67.6 Å². The zero-order valence-corrected chi connectivity index (χ0v) is 17.7. The molecule has 0 aliphatic carbocycles. The van der Waals surface area contributed by atoms with Gasteiger partial charge in [-0.25, -0.2) is 4.39 Å². The number of hydrogen-bond donors (Lipinski definition) is 1. The van der Waals surface area contributed by atoms with Gasteiger partial charge >= 0.3 is 0 Å². The van der Waals surface area contributed by atoms with Gasteiger partial charge in [0.15, 0.2) is 0 Å². The highest BCUT2D eigenvalue weighted by molar-refractivity contribution is 6.03. The number of carbonyl (C=O) groups excluding carboxylic acids is 1. The van der Waals surface area contributed by atoms with Gasteiger partial charge in [0.2, 0.25) is 5.76 Å². The van der Waals surface area contributed by atoms with Crippen LogP contribution in [-0.4, -0.2) is 36.2 Å². The van der Waals surface area contributed by atoms with Gasteiger partial charge in [-0.05, 0) is 68.2 Å². The zero-order chi connectivity index (χ0) is 21.8. The smallest absolute Gasteiger partial charge is 0.294 e. The largest absolute Gasteiger partial charge is 0.495 e. The summed E-state index contributed by atoms with van der Waals surface area (Å²) < 4.78 is 24.0. The van der Waals surface area contributed by atoms with E-state index in [0.717, 1.165) is 49.3 Å². The Morgan fingerprint density at radius 3 is 2.77 bits per heavy atom. The Balaban J connectivity index is 1.35. The number of methoxy groups -OCH3 is 1. The summed E-state index contributed by atoms with van der Waals surface area (Å²) in [5.41, 5.74) is 3.38. The van der Waals surface area contributed by atoms with Crippen LogP contribution in [0.3, 0.4) is 0 Å². The van der Waals surface area contributed by atoms with Gasteiger partial charge in [-0.3, -0.25) is 9.69 Å². The minimum absolute atomic E-state index is 0.181. The van der Waals surface area contributed by atoms with Crippen LogP contribution in [0.1, 0.15) is 46.1 Å². The summed E-state index contributed by atoms with van der Waals surface area (Å²) in [7, 11) is 1.56. The highest BCUT2D eigenvalue weighted by atomic mass is 19.1. The number of nitrogens with zero attached hydrogens (tertiary/aromatic N) is 2. The van der Waals surface area contributed by atoms with Crippen LogP contribution in [0.2, 0.25) is 0 Å². The Morgan fingerprint density at radius 2 is 2.03 bits per heavy atom. The SMILES string of the molecule is COc1ccc(C)cc1NC(=O)c1cc(C2CCN(Cc3cccc(F)c3)CC2)no1. The van der Waals surface area contributed by atoms with Crippen molar-refractivity contribution in [2.75, 3.05) is 25.5 Å². The van der Waals surface area contributed by atoms with Crippen molar-refractivity contribution < 1.29 is 18.4 Å². The van der Waals surface area contributed by atoms with Crippen LogP contribution in [0, 0.1) is 12.7 Å². The van der Waals surface area contributed by atoms with Gasteiger partial charge in [-0.2, -0.15) is 0 Å². The Labute approximate surface area is 181 Å². The van der Waals surface area contributed by atoms with Crippen LogP contribution in [-0.2, 0) is 6.54 Å². The number of nitrogens with one attached hydrogen (secondary N) is 1. The fraction of sp³-hybridized carbons (Fsp3) is 0.333. The molecule has 0 saturated carbocycles. The molecule has 1 N–H and O–H groups in total. The summed E-state index contributed by atoms with van der Waals surface area (Å²) in [6.45, 7) is 4.45. The number of benzene rings is 2. The van der Waals surface area contributed by atoms with Crippen LogP contribution in [0.15, 0.2) is 53.1 Å². The van der Waals surface area contributed by atoms with Gasteiger partial charge in [-0.15, -0.1) is 0 Å². The monoisotopic (exact) mass is 423 g/mol. The van der Waals surface area contributed by atoms with E-state index >= 15 is 0 Å². The minimum atomic E-state index is -0.355. The number of rotatable bonds is 6. The molecule has 162 valence electrons. The van der Waals surface area contributed by atoms with Crippen LogP contribution >= 0.6 is 0 Å². The summed E-state index contributed by atoms with van der Waals surface area (Å²) in [5.74, 6) is 0.447. The molecule has 1 amide bonds. The van der Waals surface area contributed by atoms with Crippen molar-refractivity contribution in [3.05, 3.63) is 76.9 Å². The lowest BCUT2D eigenvalue weighted by molar-refractivity contribution is 0.0987. The molecule has 1 fully saturated rings. The molecule has 1 aliphatic rings. The average molecular weight is 423 g/mol. The second kappa shape index (κ2) is 9.31. The average Bonchev–Trinajstić information content (AvgIpc) is 3.25. The van der Waals surface area contributed by atoms with Gasteiger partial charge in [0.05, 0.1) is 18.5 Å². The first-order valence-corrected chi connectivity index (χ1v) is 10.4. The fourth-order valence-corrected chi connectivity index (χ4v) is 3.97. The molecule has 2 aromatic carbocycles. The Bertz CT molecular complexity index is 1060. The van der Waals surface area contributed by atoms with Crippen LogP contribution in [0.4, 0.5) is 10.1 Å². The Morgan fingerprint density at radius 1 is 1.23 bits per heavy atom. The van der Waals surface area contributed by atoms with Gasteiger partial charge in [0.1, 0.15) is 11.6 Å². The van der Waals surface area contributed by atoms with E-state index in [4.69, 9.17) is 9.26 Å². The van der Waals surface area contributed by atoms with E-state index in [1.54, 1.807) is 25.3 Å². The lowest BCUT2D eigenvalue weighted by atomic mass is 9.93. The van der Waals surface area contributed by atoms with Crippen molar-refractivity contribution >= 4 is 11.6 Å². The third kappa shape index (κ3) is 5.11. The molecule has 31 heavy (non-hydrogen) atoms. The number of aromatic nitrogens is 1. The third-order valence-electron chi connectivity index (χ3n) is 5.66. The number of carbonyl (C=O) groups is 1. The summed E-state index contributed by atoms with van der Waals surface area (Å²) in [5, 5.41) is 6.99. The van der Waals surface area contributed by atoms with E-state index in [1.165, 1.54) is 6.07 Å². The zero-order valence-electron chi connectivity index (χ0n) is 17.7. The van der Waals surface area contributed by atoms with E-state index < -0.39 is 0 Å². The first kappa shape index (κ1) is 21.1. The number of piperidine rings is 1. The summed E-state index contributed by atoms with van der Waals surface area (Å²) in [6.07, 6.45) is 1.82. The molecule has 3 aromatic rings. The van der Waals surface area contributed by atoms with Crippen molar-refractivity contribution in [3.8, 4) is 5.75 Å². The van der Waals surface area contributed by atoms with Crippen LogP contribution < -0.4 is 10.1 Å². The summed E-state index contributed by atoms with van der Waals surface area (Å²) in [6, 6.07) is 14.0. The maximum atomic E-state index is 13.4. The molecule has 4 rings (SSSR count). The second-order valence-corrected chi connectivity index (χ2v) is 7.95. The maximum absolute atomic E-state index is 13.4. The summed E-state index contributed by atoms with van der Waals surface area (Å²) in [4.78, 5) is 14.9. The molecule has 0 atom stereocenters. The number of halogens is 1. The molecule has 0 bridgehead atoms. The minimum Gasteiger partial charge on any atom is -0.495 e. The van der Waals surface area contributed by atoms with Gasteiger partial charge < -0.3 is 14.6 Å². The van der Waals surface area contributed by atoms with Crippen molar-refractivity contribution in [1.82, 2.24) is 10.1 Å². The second-order valence-electron chi connectivity index (χ2n) is 7.95. The molecule has 1 aromatic heterocycles. The van der Waals surface area contributed by atoms with E-state index in [2.05, 4.69) is 15.4 Å². The van der Waals surface area contributed by atoms with Crippen LogP contribution in [0.25, 0.3) is 0 Å². The van der Waals surface area contributed by atoms with Gasteiger partial charge in [-0.1, -0.05) is 23.4 Å². The standard InChI is InChI=1S/C24H26FN3O3/c1-16-6-7-22(30-2)21(12-16)26-24(29)23-14-20(27-31-23)18-8-10-28(11-9-18)15-17-4-3-5-19(25)13-17/h3-7,12-14,18H,8-11,15H2,1-2H3,(H,26,29). The first-order chi connectivity index (χ1) is 15.0. The predicted molar refractivity (Wildman–Crippen MR) is 116 cm³/mol. The molecule has 0 spiro atoms. The first-order valence-electron chi connectivity index (χ1n) is 10.4. The number of aryl methyl sites for hydroxylation is 1. The summed E-state index contributed by atoms with van der Waals surface area (Å²) >= 11 is 0. The number of anilines is 1. The molecule has 2 heterocycles. The van der Waals surface area contributed by atoms with E-state index in [9.17, 15) is 9.18 Å². The Hall–Kier alpha value is -3.19. The highest BCUT2D eigenvalue weighted by Crippen LogP contribution is 2.29. The number of amides is 1. The third-order valence-corrected chi connectivity index (χ3v) is 5.66. The number of ether oxygens (including phenoxy) is 1. The molecular weight excluding hydrogens is 397 g/mol. The molecular formula is C24H26FN3O3. The van der Waals surface area contributed by atoms with Crippen molar-refractivity contribution in [3.63, 3.8) is 0 Å². The van der Waals surface area contributed by atoms with Gasteiger partial charge in [0.25, 0.3) is 5.91 Å². The molecule has 1 aliphatic heterocycles. The van der Waals surface area contributed by atoms with E-state index in [1.807, 2.05) is 31.2 Å². The van der Waals surface area contributed by atoms with Crippen molar-refractivity contribution in [2.45, 2.75) is 32.2 Å². The fourth-order valence-electron chi connectivity index (χ4n) is 3.97. The maximum Gasteiger partial charge on any atom is 0.294 e. The quantitative estimate of drug-likeness (QED) is 0.619. The van der Waals surface area contributed by atoms with E-state index in [0.29, 0.717) is 11.4 Å². The van der Waals surface area contributed by atoms with Crippen molar-refractivity contribution in [1.29, 1.82) is 0 Å². The van der Waals surface area contributed by atoms with Crippen molar-refractivity contribution in [2.24, 2.45) is 0 Å². The lowest BCUT2D eigenvalue weighted by Crippen LogP contribution is -2.32. The molecule has 6 nitrogen and oxygen atoms in total. The number of hydrogen-bond acceptors (Lipinski definition) is 5. The van der Waals surface area contributed by atoms with Crippen LogP contribution in [0.5, 0.6) is 5.75 Å². The van der Waals surface area contributed by atoms with E-state index in [-0.39, 0.29) is 23.4 Å². The van der Waals surface area contributed by atoms with Gasteiger partial charge in [0, 0.05) is 18.5 Å². The normalized spacial score (nSPS) is 15.1. The molecule has 0 unspecified atom stereocenters. The predicted octanol–water partition coefficient (Wildman–Crippen LogP) is 4.76. The molecule has 7 heteroatoms. The molecule has 0 radical (unpaired) electrons. The highest BCUT2D eigenvalue weighted by Gasteiger charge is 2.25. The number of likely N-dealkylation sites (tertiary alicyclic amines) is 1.